The van der Waals surface area contributed by atoms with Crippen LogP contribution in [0.25, 0.3) is 5.69 Å². The van der Waals surface area contributed by atoms with Crippen molar-refractivity contribution >= 4 is 5.91 Å². The van der Waals surface area contributed by atoms with E-state index in [2.05, 4.69) is 10.4 Å². The summed E-state index contributed by atoms with van der Waals surface area (Å²) in [7, 11) is 1.82. The molecule has 2 N–H and O–H groups in total. The monoisotopic (exact) mass is 326 g/mol. The highest BCUT2D eigenvalue weighted by Crippen LogP contribution is 2.30. The van der Waals surface area contributed by atoms with Gasteiger partial charge < -0.3 is 15.3 Å². The summed E-state index contributed by atoms with van der Waals surface area (Å²) in [5, 5.41) is 18.1. The summed E-state index contributed by atoms with van der Waals surface area (Å²) >= 11 is 0. The zero-order valence-electron chi connectivity index (χ0n) is 13.7. The average Bonchev–Trinajstić information content (AvgIpc) is 3.16. The molecule has 0 radical (unpaired) electrons. The molecule has 2 saturated heterocycles. The number of hydrogen-bond acceptors (Lipinski definition) is 4. The Labute approximate surface area is 141 Å². The molecule has 0 saturated carbocycles. The number of amides is 1. The minimum Gasteiger partial charge on any atom is -0.504 e. The van der Waals surface area contributed by atoms with E-state index in [9.17, 15) is 9.90 Å². The lowest BCUT2D eigenvalue weighted by molar-refractivity contribution is 0.0672. The van der Waals surface area contributed by atoms with Crippen molar-refractivity contribution in [2.45, 2.75) is 43.8 Å². The Kier molecular flexibility index (Phi) is 3.76. The maximum absolute atomic E-state index is 12.8. The quantitative estimate of drug-likeness (QED) is 0.904. The molecule has 2 aromatic rings. The van der Waals surface area contributed by atoms with Gasteiger partial charge in [0, 0.05) is 25.2 Å². The molecule has 3 heterocycles. The molecule has 2 atom stereocenters. The van der Waals surface area contributed by atoms with Gasteiger partial charge in [-0.25, -0.2) is 4.68 Å². The van der Waals surface area contributed by atoms with Crippen LogP contribution in [0.4, 0.5) is 0 Å². The van der Waals surface area contributed by atoms with E-state index in [1.54, 1.807) is 9.58 Å². The fraction of sp³-hybridized carbons (Fsp3) is 0.444. The number of aromatic hydroxyl groups is 1. The molecule has 1 aromatic heterocycles. The van der Waals surface area contributed by atoms with Crippen LogP contribution in [-0.4, -0.2) is 50.9 Å². The van der Waals surface area contributed by atoms with Gasteiger partial charge in [-0.1, -0.05) is 18.2 Å². The molecule has 0 spiro atoms. The molecule has 4 rings (SSSR count). The normalized spacial score (nSPS) is 25.6. The second-order valence-corrected chi connectivity index (χ2v) is 6.82. The zero-order chi connectivity index (χ0) is 16.7. The third-order valence-electron chi connectivity index (χ3n) is 5.23. The summed E-state index contributed by atoms with van der Waals surface area (Å²) in [4.78, 5) is 14.6. The van der Waals surface area contributed by atoms with Crippen molar-refractivity contribution in [1.82, 2.24) is 20.0 Å². The molecule has 6 nitrogen and oxygen atoms in total. The Bertz CT molecular complexity index is 731. The Morgan fingerprint density at radius 3 is 2.58 bits per heavy atom. The lowest BCUT2D eigenvalue weighted by Crippen LogP contribution is -2.48. The highest BCUT2D eigenvalue weighted by Gasteiger charge is 2.37. The number of carbonyl (C=O) groups is 1. The molecular formula is C18H22N4O2. The summed E-state index contributed by atoms with van der Waals surface area (Å²) in [6.45, 7) is 0. The number of nitrogens with zero attached hydrogens (tertiary/aromatic N) is 3. The summed E-state index contributed by atoms with van der Waals surface area (Å²) in [6, 6.07) is 10.7. The Morgan fingerprint density at radius 1 is 1.25 bits per heavy atom. The maximum Gasteiger partial charge on any atom is 0.278 e. The molecule has 0 aliphatic carbocycles. The molecule has 24 heavy (non-hydrogen) atoms. The van der Waals surface area contributed by atoms with Gasteiger partial charge in [0.25, 0.3) is 5.91 Å². The van der Waals surface area contributed by atoms with Crippen LogP contribution in [0.5, 0.6) is 5.75 Å². The van der Waals surface area contributed by atoms with Crippen molar-refractivity contribution in [3.05, 3.63) is 42.2 Å². The van der Waals surface area contributed by atoms with Crippen molar-refractivity contribution in [3.63, 3.8) is 0 Å². The second-order valence-electron chi connectivity index (χ2n) is 6.82. The van der Waals surface area contributed by atoms with Gasteiger partial charge >= 0.3 is 0 Å². The molecule has 6 heteroatoms. The van der Waals surface area contributed by atoms with Crippen molar-refractivity contribution in [1.29, 1.82) is 0 Å². The van der Waals surface area contributed by atoms with E-state index >= 15 is 0 Å². The van der Waals surface area contributed by atoms with E-state index in [-0.39, 0.29) is 23.4 Å². The number of piperidine rings is 1. The van der Waals surface area contributed by atoms with E-state index in [4.69, 9.17) is 0 Å². The van der Waals surface area contributed by atoms with Gasteiger partial charge in [-0.15, -0.1) is 0 Å². The topological polar surface area (TPSA) is 70.4 Å². The third-order valence-corrected chi connectivity index (χ3v) is 5.23. The van der Waals surface area contributed by atoms with Crippen LogP contribution in [0, 0.1) is 0 Å². The van der Waals surface area contributed by atoms with Crippen LogP contribution < -0.4 is 5.32 Å². The van der Waals surface area contributed by atoms with Crippen LogP contribution in [0.2, 0.25) is 0 Å². The third kappa shape index (κ3) is 2.67. The summed E-state index contributed by atoms with van der Waals surface area (Å²) in [5.41, 5.74) is 0.932. The lowest BCUT2D eigenvalue weighted by Gasteiger charge is -2.35. The Balaban J connectivity index is 1.55. The van der Waals surface area contributed by atoms with E-state index in [0.717, 1.165) is 18.5 Å². The minimum absolute atomic E-state index is 0.0763. The first-order valence-corrected chi connectivity index (χ1v) is 8.49. The molecule has 2 aliphatic rings. The second kappa shape index (κ2) is 5.94. The number of para-hydroxylation sites is 1. The highest BCUT2D eigenvalue weighted by molar-refractivity contribution is 5.94. The average molecular weight is 326 g/mol. The van der Waals surface area contributed by atoms with Crippen LogP contribution >= 0.6 is 0 Å². The highest BCUT2D eigenvalue weighted by atomic mass is 16.3. The van der Waals surface area contributed by atoms with Crippen LogP contribution in [-0.2, 0) is 0 Å². The van der Waals surface area contributed by atoms with Gasteiger partial charge in [-0.05, 0) is 37.8 Å². The van der Waals surface area contributed by atoms with E-state index in [1.165, 1.54) is 19.0 Å². The van der Waals surface area contributed by atoms with Gasteiger partial charge in [0.05, 0.1) is 11.9 Å². The number of benzene rings is 1. The van der Waals surface area contributed by atoms with E-state index in [0.29, 0.717) is 12.1 Å². The fourth-order valence-corrected chi connectivity index (χ4v) is 3.91. The first kappa shape index (κ1) is 15.2. The number of nitrogens with one attached hydrogen (secondary N) is 1. The molecule has 2 fully saturated rings. The van der Waals surface area contributed by atoms with Crippen molar-refractivity contribution < 1.29 is 9.90 Å². The molecule has 2 aliphatic heterocycles. The van der Waals surface area contributed by atoms with Gasteiger partial charge in [0.1, 0.15) is 0 Å². The number of hydrogen-bond donors (Lipinski definition) is 2. The first-order valence-electron chi connectivity index (χ1n) is 8.49. The maximum atomic E-state index is 12.8. The van der Waals surface area contributed by atoms with Crippen molar-refractivity contribution in [3.8, 4) is 11.4 Å². The predicted octanol–water partition coefficient (Wildman–Crippen LogP) is 1.93. The van der Waals surface area contributed by atoms with Crippen molar-refractivity contribution in [2.75, 3.05) is 7.05 Å². The van der Waals surface area contributed by atoms with Crippen LogP contribution in [0.15, 0.2) is 36.5 Å². The van der Waals surface area contributed by atoms with Crippen LogP contribution in [0.1, 0.15) is 36.2 Å². The first-order chi connectivity index (χ1) is 11.6. The number of aromatic nitrogens is 2. The predicted molar refractivity (Wildman–Crippen MR) is 90.3 cm³/mol. The van der Waals surface area contributed by atoms with Gasteiger partial charge in [-0.2, -0.15) is 5.10 Å². The molecule has 2 bridgehead atoms. The van der Waals surface area contributed by atoms with Crippen molar-refractivity contribution in [2.24, 2.45) is 0 Å². The number of rotatable bonds is 3. The standard InChI is InChI=1S/C18H22N4O2/c1-21(15-9-12-7-8-13(10-15)19-12)18(24)17-16(23)11-22(20-17)14-5-3-2-4-6-14/h2-6,11-13,15,19,23H,7-10H2,1H3. The number of carbonyl (C=O) groups excluding carboxylic acids is 1. The summed E-state index contributed by atoms with van der Waals surface area (Å²) in [6.07, 6.45) is 5.81. The van der Waals surface area contributed by atoms with E-state index < -0.39 is 0 Å². The lowest BCUT2D eigenvalue weighted by atomic mass is 9.98. The van der Waals surface area contributed by atoms with Gasteiger partial charge in [-0.3, -0.25) is 4.79 Å². The van der Waals surface area contributed by atoms with Crippen LogP contribution in [0.3, 0.4) is 0 Å². The molecule has 1 amide bonds. The molecule has 1 aromatic carbocycles. The molecule has 2 unspecified atom stereocenters. The zero-order valence-corrected chi connectivity index (χ0v) is 13.7. The molecular weight excluding hydrogens is 304 g/mol. The number of fused-ring (bicyclic) bond motifs is 2. The summed E-state index contributed by atoms with van der Waals surface area (Å²) < 4.78 is 1.54. The summed E-state index contributed by atoms with van der Waals surface area (Å²) in [5.74, 6) is -0.291. The van der Waals surface area contributed by atoms with E-state index in [1.807, 2.05) is 37.4 Å². The molecule has 126 valence electrons. The van der Waals surface area contributed by atoms with Gasteiger partial charge in [0.2, 0.25) is 0 Å². The van der Waals surface area contributed by atoms with Gasteiger partial charge in [0.15, 0.2) is 11.4 Å². The fourth-order valence-electron chi connectivity index (χ4n) is 3.91. The SMILES string of the molecule is CN(C(=O)c1nn(-c2ccccc2)cc1O)C1CC2CCC(C1)N2. The minimum atomic E-state index is -0.214. The largest absolute Gasteiger partial charge is 0.504 e. The Morgan fingerprint density at radius 2 is 1.92 bits per heavy atom. The smallest absolute Gasteiger partial charge is 0.278 e. The Hall–Kier alpha value is -2.34.